The Morgan fingerprint density at radius 3 is 1.83 bits per heavy atom. The van der Waals surface area contributed by atoms with Crippen molar-refractivity contribution in [3.63, 3.8) is 0 Å². The van der Waals surface area contributed by atoms with Crippen LogP contribution >= 0.6 is 0 Å². The van der Waals surface area contributed by atoms with Gasteiger partial charge < -0.3 is 14.8 Å². The first kappa shape index (κ1) is 17.2. The molecule has 0 fully saturated rings. The molecule has 1 N–H and O–H groups in total. The van der Waals surface area contributed by atoms with Gasteiger partial charge in [-0.3, -0.25) is 14.4 Å². The molecule has 0 aromatic heterocycles. The lowest BCUT2D eigenvalue weighted by molar-refractivity contribution is -0.134. The molecule has 0 saturated carbocycles. The van der Waals surface area contributed by atoms with Crippen molar-refractivity contribution >= 4 is 23.2 Å². The highest BCUT2D eigenvalue weighted by Crippen LogP contribution is 2.16. The van der Waals surface area contributed by atoms with Crippen molar-refractivity contribution in [2.45, 2.75) is 6.42 Å². The third-order valence-electron chi connectivity index (χ3n) is 3.33. The molecule has 0 aliphatic carbocycles. The summed E-state index contributed by atoms with van der Waals surface area (Å²) in [5.74, 6) is -0.815. The molecular formula is C18H17NO5. The van der Waals surface area contributed by atoms with Gasteiger partial charge in [0.15, 0.2) is 5.78 Å². The number of methoxy groups -OCH3 is 2. The van der Waals surface area contributed by atoms with Gasteiger partial charge in [-0.25, -0.2) is 0 Å². The molecule has 0 atom stereocenters. The largest absolute Gasteiger partial charge is 0.497 e. The Morgan fingerprint density at radius 1 is 0.833 bits per heavy atom. The number of ketones is 2. The van der Waals surface area contributed by atoms with Crippen molar-refractivity contribution in [1.29, 1.82) is 0 Å². The molecular weight excluding hydrogens is 310 g/mol. The summed E-state index contributed by atoms with van der Waals surface area (Å²) in [6.07, 6.45) is -0.492. The number of nitrogens with one attached hydrogen (secondary N) is 1. The van der Waals surface area contributed by atoms with Gasteiger partial charge in [-0.1, -0.05) is 0 Å². The minimum absolute atomic E-state index is 0.349. The van der Waals surface area contributed by atoms with E-state index in [9.17, 15) is 14.4 Å². The fourth-order valence-electron chi connectivity index (χ4n) is 1.98. The third-order valence-corrected chi connectivity index (χ3v) is 3.33. The normalized spacial score (nSPS) is 9.92. The molecule has 2 aromatic carbocycles. The Kier molecular flexibility index (Phi) is 5.68. The number of hydrogen-bond acceptors (Lipinski definition) is 5. The first-order valence-corrected chi connectivity index (χ1v) is 7.19. The summed E-state index contributed by atoms with van der Waals surface area (Å²) in [5.41, 5.74) is 0.799. The first-order chi connectivity index (χ1) is 11.5. The lowest BCUT2D eigenvalue weighted by Crippen LogP contribution is -2.25. The quantitative estimate of drug-likeness (QED) is 0.480. The van der Waals surface area contributed by atoms with Gasteiger partial charge in [0.25, 0.3) is 5.91 Å². The van der Waals surface area contributed by atoms with Crippen molar-refractivity contribution in [1.82, 2.24) is 0 Å². The number of amides is 1. The summed E-state index contributed by atoms with van der Waals surface area (Å²) < 4.78 is 10.0. The smallest absolute Gasteiger partial charge is 0.292 e. The van der Waals surface area contributed by atoms with E-state index in [1.54, 1.807) is 48.5 Å². The van der Waals surface area contributed by atoms with Crippen LogP contribution in [0.2, 0.25) is 0 Å². The topological polar surface area (TPSA) is 81.7 Å². The maximum atomic E-state index is 12.0. The Morgan fingerprint density at radius 2 is 1.33 bits per heavy atom. The summed E-state index contributed by atoms with van der Waals surface area (Å²) in [6.45, 7) is 0. The van der Waals surface area contributed by atoms with E-state index in [-0.39, 0.29) is 0 Å². The predicted molar refractivity (Wildman–Crippen MR) is 88.6 cm³/mol. The summed E-state index contributed by atoms with van der Waals surface area (Å²) in [7, 11) is 3.05. The van der Waals surface area contributed by atoms with Crippen LogP contribution < -0.4 is 14.8 Å². The summed E-state index contributed by atoms with van der Waals surface area (Å²) in [5, 5.41) is 2.45. The zero-order valence-corrected chi connectivity index (χ0v) is 13.4. The van der Waals surface area contributed by atoms with Crippen molar-refractivity contribution in [2.75, 3.05) is 19.5 Å². The Balaban J connectivity index is 1.94. The number of benzene rings is 2. The molecule has 0 aliphatic rings. The molecule has 6 heteroatoms. The van der Waals surface area contributed by atoms with E-state index in [0.29, 0.717) is 22.7 Å². The zero-order chi connectivity index (χ0) is 17.5. The van der Waals surface area contributed by atoms with E-state index >= 15 is 0 Å². The van der Waals surface area contributed by atoms with Crippen LogP contribution in [0.3, 0.4) is 0 Å². The van der Waals surface area contributed by atoms with Gasteiger partial charge in [-0.05, 0) is 48.5 Å². The minimum Gasteiger partial charge on any atom is -0.497 e. The highest BCUT2D eigenvalue weighted by Gasteiger charge is 2.19. The summed E-state index contributed by atoms with van der Waals surface area (Å²) in [4.78, 5) is 35.8. The van der Waals surface area contributed by atoms with E-state index in [2.05, 4.69) is 5.32 Å². The van der Waals surface area contributed by atoms with E-state index in [1.807, 2.05) is 0 Å². The number of carbonyl (C=O) groups excluding carboxylic acids is 3. The number of ether oxygens (including phenoxy) is 2. The van der Waals surface area contributed by atoms with E-state index in [1.165, 1.54) is 14.2 Å². The third kappa shape index (κ3) is 4.42. The van der Waals surface area contributed by atoms with Crippen LogP contribution in [-0.4, -0.2) is 31.7 Å². The van der Waals surface area contributed by atoms with Crippen molar-refractivity contribution in [2.24, 2.45) is 0 Å². The van der Waals surface area contributed by atoms with Crippen molar-refractivity contribution in [3.8, 4) is 11.5 Å². The summed E-state index contributed by atoms with van der Waals surface area (Å²) in [6, 6.07) is 12.9. The van der Waals surface area contributed by atoms with E-state index in [0.717, 1.165) is 0 Å². The minimum atomic E-state index is -0.831. The molecule has 124 valence electrons. The van der Waals surface area contributed by atoms with Crippen LogP contribution in [0.15, 0.2) is 48.5 Å². The fraction of sp³-hybridized carbons (Fsp3) is 0.167. The molecule has 2 aromatic rings. The average molecular weight is 327 g/mol. The summed E-state index contributed by atoms with van der Waals surface area (Å²) >= 11 is 0. The maximum absolute atomic E-state index is 12.0. The highest BCUT2D eigenvalue weighted by atomic mass is 16.5. The van der Waals surface area contributed by atoms with Crippen LogP contribution in [0.5, 0.6) is 11.5 Å². The molecule has 1 amide bonds. The monoisotopic (exact) mass is 327 g/mol. The van der Waals surface area contributed by atoms with Crippen LogP contribution in [0.1, 0.15) is 16.8 Å². The number of anilines is 1. The number of rotatable bonds is 7. The molecule has 24 heavy (non-hydrogen) atoms. The number of carbonyl (C=O) groups is 3. The molecule has 0 heterocycles. The molecule has 0 unspecified atom stereocenters. The van der Waals surface area contributed by atoms with Crippen LogP contribution in [-0.2, 0) is 9.59 Å². The lowest BCUT2D eigenvalue weighted by Gasteiger charge is -2.06. The van der Waals surface area contributed by atoms with Crippen molar-refractivity contribution in [3.05, 3.63) is 54.1 Å². The molecule has 0 aliphatic heterocycles. The SMILES string of the molecule is COc1ccc(NC(=O)C(=O)CC(=O)c2ccc(OC)cc2)cc1. The fourth-order valence-corrected chi connectivity index (χ4v) is 1.98. The van der Waals surface area contributed by atoms with E-state index in [4.69, 9.17) is 9.47 Å². The second-order valence-electron chi connectivity index (χ2n) is 4.93. The van der Waals surface area contributed by atoms with E-state index < -0.39 is 23.9 Å². The molecule has 0 bridgehead atoms. The van der Waals surface area contributed by atoms with Crippen LogP contribution in [0.4, 0.5) is 5.69 Å². The predicted octanol–water partition coefficient (Wildman–Crippen LogP) is 2.48. The highest BCUT2D eigenvalue weighted by molar-refractivity contribution is 6.44. The van der Waals surface area contributed by atoms with Gasteiger partial charge in [0, 0.05) is 11.3 Å². The molecule has 0 spiro atoms. The molecule has 0 radical (unpaired) electrons. The number of hydrogen-bond donors (Lipinski definition) is 1. The van der Waals surface area contributed by atoms with Gasteiger partial charge >= 0.3 is 0 Å². The van der Waals surface area contributed by atoms with Crippen molar-refractivity contribution < 1.29 is 23.9 Å². The zero-order valence-electron chi connectivity index (χ0n) is 13.4. The van der Waals surface area contributed by atoms with Crippen LogP contribution in [0.25, 0.3) is 0 Å². The Labute approximate surface area is 139 Å². The molecule has 6 nitrogen and oxygen atoms in total. The Hall–Kier alpha value is -3.15. The van der Waals surface area contributed by atoms with Gasteiger partial charge in [0.2, 0.25) is 5.78 Å². The average Bonchev–Trinajstić information content (AvgIpc) is 2.62. The lowest BCUT2D eigenvalue weighted by atomic mass is 10.1. The maximum Gasteiger partial charge on any atom is 0.292 e. The Bertz CT molecular complexity index is 735. The van der Waals surface area contributed by atoms with Gasteiger partial charge in [0.05, 0.1) is 20.6 Å². The second-order valence-corrected chi connectivity index (χ2v) is 4.93. The first-order valence-electron chi connectivity index (χ1n) is 7.19. The number of Topliss-reactive ketones (excluding diaryl/α,β-unsaturated/α-hetero) is 2. The van der Waals surface area contributed by atoms with Crippen LogP contribution in [0, 0.1) is 0 Å². The van der Waals surface area contributed by atoms with Gasteiger partial charge in [-0.15, -0.1) is 0 Å². The standard InChI is InChI=1S/C18H17NO5/c1-23-14-7-3-12(4-8-14)16(20)11-17(21)18(22)19-13-5-9-15(24-2)10-6-13/h3-10H,11H2,1-2H3,(H,19,22). The second kappa shape index (κ2) is 7.92. The van der Waals surface area contributed by atoms with Gasteiger partial charge in [0.1, 0.15) is 11.5 Å². The molecule has 2 rings (SSSR count). The molecule has 0 saturated heterocycles. The van der Waals surface area contributed by atoms with Gasteiger partial charge in [-0.2, -0.15) is 0 Å².